The summed E-state index contributed by atoms with van der Waals surface area (Å²) in [6.45, 7) is 6.39. The van der Waals surface area contributed by atoms with E-state index in [4.69, 9.17) is 26.7 Å². The number of oxime groups is 1. The number of amides is 2. The normalized spacial score (nSPS) is 16.8. The average Bonchev–Trinajstić information content (AvgIpc) is 3.13. The Kier molecular flexibility index (Phi) is 9.67. The number of hydroxylamine groups is 2. The second kappa shape index (κ2) is 11.9. The van der Waals surface area contributed by atoms with Gasteiger partial charge in [-0.05, 0) is 13.8 Å². The van der Waals surface area contributed by atoms with Gasteiger partial charge >= 0.3 is 10.4 Å². The van der Waals surface area contributed by atoms with Crippen LogP contribution in [0.2, 0.25) is 4.34 Å². The SMILES string of the molecule is CC1(C)C(NC(=O)/C(=N\OCc2cc(=O)c(O)cn2O)c2nc(N)sc2Cl)C(=O)N1OS(=O)(=O)O.CCC. The highest BCUT2D eigenvalue weighted by Gasteiger charge is 2.58. The van der Waals surface area contributed by atoms with Crippen molar-refractivity contribution in [1.29, 1.82) is 0 Å². The van der Waals surface area contributed by atoms with Crippen molar-refractivity contribution in [2.75, 3.05) is 5.73 Å². The lowest BCUT2D eigenvalue weighted by Gasteiger charge is -2.50. The molecule has 2 amide bonds. The Bertz CT molecular complexity index is 1410. The molecule has 19 heteroatoms. The highest BCUT2D eigenvalue weighted by Crippen LogP contribution is 2.33. The van der Waals surface area contributed by atoms with Gasteiger partial charge in [0, 0.05) is 6.07 Å². The van der Waals surface area contributed by atoms with Crippen LogP contribution in [0.4, 0.5) is 5.13 Å². The van der Waals surface area contributed by atoms with E-state index in [1.165, 1.54) is 20.3 Å². The van der Waals surface area contributed by atoms with E-state index >= 15 is 0 Å². The van der Waals surface area contributed by atoms with Gasteiger partial charge < -0.3 is 26.2 Å². The molecule has 3 heterocycles. The first-order valence-electron chi connectivity index (χ1n) is 10.6. The maximum absolute atomic E-state index is 13.0. The number of halogens is 1. The highest BCUT2D eigenvalue weighted by atomic mass is 35.5. The predicted molar refractivity (Wildman–Crippen MR) is 134 cm³/mol. The summed E-state index contributed by atoms with van der Waals surface area (Å²) in [5.74, 6) is -2.76. The van der Waals surface area contributed by atoms with Crippen LogP contribution < -0.4 is 16.5 Å². The minimum atomic E-state index is -5.00. The van der Waals surface area contributed by atoms with Gasteiger partial charge in [0.2, 0.25) is 5.43 Å². The summed E-state index contributed by atoms with van der Waals surface area (Å²) in [5.41, 5.74) is 2.47. The molecule has 1 saturated heterocycles. The molecular weight excluding hydrogens is 572 g/mol. The Morgan fingerprint density at radius 2 is 1.97 bits per heavy atom. The smallest absolute Gasteiger partial charge is 0.418 e. The van der Waals surface area contributed by atoms with Gasteiger partial charge in [0.25, 0.3) is 11.8 Å². The van der Waals surface area contributed by atoms with E-state index < -0.39 is 57.3 Å². The van der Waals surface area contributed by atoms with Crippen LogP contribution in [0.1, 0.15) is 45.5 Å². The van der Waals surface area contributed by atoms with Gasteiger partial charge in [0.15, 0.2) is 23.2 Å². The molecule has 0 saturated carbocycles. The predicted octanol–water partition coefficient (Wildman–Crippen LogP) is 0.661. The average molecular weight is 597 g/mol. The number of aromatic nitrogens is 2. The molecule has 0 aliphatic carbocycles. The van der Waals surface area contributed by atoms with E-state index in [9.17, 15) is 33.1 Å². The molecule has 1 aliphatic heterocycles. The number of rotatable bonds is 8. The quantitative estimate of drug-likeness (QED) is 0.0928. The number of aromatic hydroxyl groups is 1. The third kappa shape index (κ3) is 7.10. The summed E-state index contributed by atoms with van der Waals surface area (Å²) in [5, 5.41) is 25.4. The molecule has 3 rings (SSSR count). The lowest BCUT2D eigenvalue weighted by Crippen LogP contribution is -2.76. The molecule has 16 nitrogen and oxygen atoms in total. The van der Waals surface area contributed by atoms with Crippen LogP contribution in [-0.4, -0.2) is 67.2 Å². The van der Waals surface area contributed by atoms with Crippen molar-refractivity contribution in [2.24, 2.45) is 5.16 Å². The van der Waals surface area contributed by atoms with E-state index in [1.54, 1.807) is 0 Å². The summed E-state index contributed by atoms with van der Waals surface area (Å²) in [6.07, 6.45) is 1.97. The summed E-state index contributed by atoms with van der Waals surface area (Å²) in [7, 11) is -5.00. The minimum Gasteiger partial charge on any atom is -0.503 e. The number of nitrogen functional groups attached to an aromatic ring is 1. The molecule has 2 aromatic heterocycles. The van der Waals surface area contributed by atoms with Crippen LogP contribution in [0.25, 0.3) is 0 Å². The second-order valence-corrected chi connectivity index (χ2v) is 10.8. The van der Waals surface area contributed by atoms with E-state index in [0.29, 0.717) is 9.79 Å². The largest absolute Gasteiger partial charge is 0.503 e. The zero-order valence-electron chi connectivity index (χ0n) is 20.4. The van der Waals surface area contributed by atoms with Crippen LogP contribution >= 0.6 is 22.9 Å². The van der Waals surface area contributed by atoms with Crippen molar-refractivity contribution < 1.29 is 42.0 Å². The maximum Gasteiger partial charge on any atom is 0.418 e. The fraction of sp³-hybridized carbons (Fsp3) is 0.421. The molecule has 1 atom stereocenters. The highest BCUT2D eigenvalue weighted by molar-refractivity contribution is 7.80. The molecule has 1 fully saturated rings. The first-order valence-corrected chi connectivity index (χ1v) is 13.2. The Balaban J connectivity index is 0.00000161. The van der Waals surface area contributed by atoms with Crippen molar-refractivity contribution in [2.45, 2.75) is 52.3 Å². The maximum atomic E-state index is 13.0. The van der Waals surface area contributed by atoms with Crippen LogP contribution in [0, 0.1) is 0 Å². The zero-order valence-corrected chi connectivity index (χ0v) is 22.8. The van der Waals surface area contributed by atoms with Gasteiger partial charge in [-0.15, -0.1) is 4.28 Å². The fourth-order valence-corrected chi connectivity index (χ4v) is 4.28. The van der Waals surface area contributed by atoms with Gasteiger partial charge in [-0.1, -0.05) is 48.4 Å². The van der Waals surface area contributed by atoms with E-state index in [2.05, 4.69) is 33.6 Å². The Labute approximate surface area is 225 Å². The van der Waals surface area contributed by atoms with Crippen molar-refractivity contribution >= 4 is 56.0 Å². The lowest BCUT2D eigenvalue weighted by atomic mass is 9.84. The minimum absolute atomic E-state index is 0.0268. The van der Waals surface area contributed by atoms with Gasteiger partial charge in [-0.2, -0.15) is 18.2 Å². The van der Waals surface area contributed by atoms with Crippen molar-refractivity contribution in [3.8, 4) is 5.75 Å². The molecule has 0 bridgehead atoms. The number of β-lactam (4-membered cyclic amide) rings is 1. The first kappa shape index (κ1) is 30.8. The molecule has 0 aromatic carbocycles. The van der Waals surface area contributed by atoms with E-state index in [1.807, 2.05) is 0 Å². The Morgan fingerprint density at radius 3 is 2.47 bits per heavy atom. The van der Waals surface area contributed by atoms with Crippen LogP contribution in [0.15, 0.2) is 22.2 Å². The third-order valence-electron chi connectivity index (χ3n) is 4.62. The molecule has 210 valence electrons. The standard InChI is InChI=1S/C16H17ClN6O10S2.C3H8/c1-16(2)11(14(27)23(16)33-35(29,30)31)20-13(26)10(9-12(17)34-15(18)19-9)21-32-5-6-3-7(24)8(25)4-22(6)28;1-3-2/h3-4,11,25,28H,5H2,1-2H3,(H2,18,19)(H,20,26)(H,29,30,31);3H2,1-2H3/b21-10-;. The second-order valence-electron chi connectivity index (χ2n) is 8.15. The topological polar surface area (TPSA) is 236 Å². The number of hydrogen-bond acceptors (Lipinski definition) is 13. The number of nitrogens with zero attached hydrogens (tertiary/aromatic N) is 4. The monoisotopic (exact) mass is 596 g/mol. The zero-order chi connectivity index (χ0) is 29.0. The molecule has 38 heavy (non-hydrogen) atoms. The van der Waals surface area contributed by atoms with E-state index in [-0.39, 0.29) is 20.9 Å². The summed E-state index contributed by atoms with van der Waals surface area (Å²) in [4.78, 5) is 45.8. The van der Waals surface area contributed by atoms with Gasteiger partial charge in [-0.3, -0.25) is 18.9 Å². The number of carbonyl (C=O) groups is 2. The molecule has 6 N–H and O–H groups in total. The molecular formula is C19H25ClN6O10S2. The molecule has 1 unspecified atom stereocenters. The first-order chi connectivity index (χ1) is 17.5. The number of nitrogens with one attached hydrogen (secondary N) is 1. The summed E-state index contributed by atoms with van der Waals surface area (Å²) < 4.78 is 35.3. The molecule has 0 radical (unpaired) electrons. The van der Waals surface area contributed by atoms with Crippen molar-refractivity contribution in [1.82, 2.24) is 20.1 Å². The van der Waals surface area contributed by atoms with Crippen LogP contribution in [-0.2, 0) is 35.7 Å². The van der Waals surface area contributed by atoms with Crippen molar-refractivity contribution in [3.05, 3.63) is 38.2 Å². The van der Waals surface area contributed by atoms with Gasteiger partial charge in [-0.25, -0.2) is 4.98 Å². The molecule has 2 aromatic rings. The van der Waals surface area contributed by atoms with Crippen LogP contribution in [0.5, 0.6) is 5.75 Å². The number of hydrogen-bond donors (Lipinski definition) is 5. The Morgan fingerprint density at radius 1 is 1.37 bits per heavy atom. The number of pyridine rings is 1. The Hall–Kier alpha value is -3.45. The lowest BCUT2D eigenvalue weighted by molar-refractivity contribution is -0.218. The third-order valence-corrected chi connectivity index (χ3v) is 6.04. The molecule has 1 aliphatic rings. The number of carbonyl (C=O) groups excluding carboxylic acids is 2. The molecule has 0 spiro atoms. The van der Waals surface area contributed by atoms with Gasteiger partial charge in [0.1, 0.15) is 21.8 Å². The van der Waals surface area contributed by atoms with E-state index in [0.717, 1.165) is 23.6 Å². The van der Waals surface area contributed by atoms with Gasteiger partial charge in [0.05, 0.1) is 11.7 Å². The summed E-state index contributed by atoms with van der Waals surface area (Å²) in [6, 6.07) is -0.464. The number of thiazole rings is 1. The fourth-order valence-electron chi connectivity index (χ4n) is 2.90. The van der Waals surface area contributed by atoms with Crippen molar-refractivity contribution in [3.63, 3.8) is 0 Å². The summed E-state index contributed by atoms with van der Waals surface area (Å²) >= 11 is 6.87. The van der Waals surface area contributed by atoms with Crippen LogP contribution in [0.3, 0.4) is 0 Å². The number of anilines is 1. The number of nitrogens with two attached hydrogens (primary N) is 1.